The molecule has 2 aromatic heterocycles. The summed E-state index contributed by atoms with van der Waals surface area (Å²) in [5.74, 6) is 0.388. The van der Waals surface area contributed by atoms with Gasteiger partial charge in [0.15, 0.2) is 5.65 Å². The summed E-state index contributed by atoms with van der Waals surface area (Å²) in [7, 11) is -4.05. The third-order valence-electron chi connectivity index (χ3n) is 10.1. The van der Waals surface area contributed by atoms with Crippen molar-refractivity contribution in [1.29, 1.82) is 0 Å². The van der Waals surface area contributed by atoms with E-state index in [4.69, 9.17) is 19.6 Å². The van der Waals surface area contributed by atoms with E-state index in [-0.39, 0.29) is 11.6 Å². The number of hydrogen-bond acceptors (Lipinski definition) is 8. The Morgan fingerprint density at radius 2 is 1.67 bits per heavy atom. The van der Waals surface area contributed by atoms with E-state index in [9.17, 15) is 13.2 Å². The summed E-state index contributed by atoms with van der Waals surface area (Å²) in [6.07, 6.45) is 10.3. The summed E-state index contributed by atoms with van der Waals surface area (Å²) < 4.78 is 44.4. The Morgan fingerprint density at radius 3 is 2.36 bits per heavy atom. The van der Waals surface area contributed by atoms with Crippen LogP contribution in [0.25, 0.3) is 16.7 Å². The van der Waals surface area contributed by atoms with Gasteiger partial charge in [-0.3, -0.25) is 4.79 Å². The van der Waals surface area contributed by atoms with E-state index >= 15 is 0 Å². The molecular weight excluding hydrogens is 592 g/mol. The molecule has 45 heavy (non-hydrogen) atoms. The van der Waals surface area contributed by atoms with Crippen LogP contribution in [0.4, 0.5) is 0 Å². The number of hydrogen-bond donors (Lipinski definition) is 1. The average Bonchev–Trinajstić information content (AvgIpc) is 3.43. The lowest BCUT2D eigenvalue weighted by atomic mass is 9.82. The normalized spacial score (nSPS) is 21.5. The van der Waals surface area contributed by atoms with Gasteiger partial charge in [0.05, 0.1) is 23.4 Å². The zero-order chi connectivity index (χ0) is 30.8. The fourth-order valence-corrected chi connectivity index (χ4v) is 8.30. The minimum absolute atomic E-state index is 0.00602. The Balaban J connectivity index is 1.17. The molecule has 1 N–H and O–H groups in total. The van der Waals surface area contributed by atoms with Gasteiger partial charge in [0.1, 0.15) is 11.4 Å². The number of nitrogens with zero attached hydrogens (tertiary/aromatic N) is 5. The van der Waals surface area contributed by atoms with E-state index in [0.717, 1.165) is 74.8 Å². The number of rotatable bonds is 9. The fraction of sp³-hybridized carbons (Fsp3) is 0.606. The highest BCUT2D eigenvalue weighted by molar-refractivity contribution is 7.87. The standard InChI is InChI=1S/C33H44N6O5S/c40-33(36-45(41,42)38-18-12-26(13-19-38)37-16-5-2-6-17-37)28-22-29(44-23-24-14-20-43-21-15-24)30-31(25-8-7-9-25)35-39(32(30)34-28)27-10-3-1-4-11-27/h1,3-4,10-11,22,24-26H,2,5-9,12-21,23H2,(H,36,40). The molecule has 1 aromatic carbocycles. The third-order valence-corrected chi connectivity index (χ3v) is 11.5. The number of para-hydroxylation sites is 1. The van der Waals surface area contributed by atoms with Gasteiger partial charge < -0.3 is 14.4 Å². The van der Waals surface area contributed by atoms with Crippen molar-refractivity contribution in [2.24, 2.45) is 5.92 Å². The first-order chi connectivity index (χ1) is 22.0. The number of likely N-dealkylation sites (tertiary alicyclic amines) is 1. The first kappa shape index (κ1) is 30.6. The molecule has 0 spiro atoms. The van der Waals surface area contributed by atoms with Crippen molar-refractivity contribution in [3.8, 4) is 11.4 Å². The van der Waals surface area contributed by atoms with E-state index in [1.165, 1.54) is 23.6 Å². The monoisotopic (exact) mass is 636 g/mol. The molecular formula is C33H44N6O5S. The molecule has 5 heterocycles. The molecule has 242 valence electrons. The minimum Gasteiger partial charge on any atom is -0.492 e. The first-order valence-electron chi connectivity index (χ1n) is 16.7. The number of carbonyl (C=O) groups excluding carboxylic acids is 1. The molecule has 1 amide bonds. The molecule has 0 bridgehead atoms. The number of benzene rings is 1. The van der Waals surface area contributed by atoms with E-state index in [0.29, 0.717) is 56.3 Å². The highest BCUT2D eigenvalue weighted by Gasteiger charge is 2.34. The fourth-order valence-electron chi connectivity index (χ4n) is 7.14. The van der Waals surface area contributed by atoms with Gasteiger partial charge >= 0.3 is 10.2 Å². The highest BCUT2D eigenvalue weighted by Crippen LogP contribution is 2.42. The van der Waals surface area contributed by atoms with Crippen molar-refractivity contribution in [3.05, 3.63) is 47.8 Å². The number of ether oxygens (including phenoxy) is 2. The SMILES string of the molecule is O=C(NS(=O)(=O)N1CCC(N2CCCCC2)CC1)c1cc(OCC2CCOCC2)c2c(C3CCC3)nn(-c3ccccc3)c2n1. The number of fused-ring (bicyclic) bond motifs is 1. The molecule has 11 nitrogen and oxygen atoms in total. The Labute approximate surface area is 265 Å². The smallest absolute Gasteiger partial charge is 0.304 e. The molecule has 0 unspecified atom stereocenters. The predicted molar refractivity (Wildman–Crippen MR) is 171 cm³/mol. The van der Waals surface area contributed by atoms with Crippen molar-refractivity contribution in [2.75, 3.05) is 46.0 Å². The summed E-state index contributed by atoms with van der Waals surface area (Å²) in [4.78, 5) is 21.0. The Kier molecular flexibility index (Phi) is 9.07. The Morgan fingerprint density at radius 1 is 0.933 bits per heavy atom. The number of piperidine rings is 2. The van der Waals surface area contributed by atoms with Crippen LogP contribution in [-0.4, -0.2) is 90.3 Å². The van der Waals surface area contributed by atoms with Crippen LogP contribution in [0.1, 0.15) is 86.3 Å². The summed E-state index contributed by atoms with van der Waals surface area (Å²) in [6.45, 7) is 4.85. The van der Waals surface area contributed by atoms with Gasteiger partial charge in [0.2, 0.25) is 0 Å². The number of nitrogens with one attached hydrogen (secondary N) is 1. The maximum atomic E-state index is 13.7. The quantitative estimate of drug-likeness (QED) is 0.367. The zero-order valence-electron chi connectivity index (χ0n) is 25.9. The number of amides is 1. The van der Waals surface area contributed by atoms with Crippen LogP contribution in [0.3, 0.4) is 0 Å². The van der Waals surface area contributed by atoms with Crippen molar-refractivity contribution in [3.63, 3.8) is 0 Å². The molecule has 7 rings (SSSR count). The topological polar surface area (TPSA) is 119 Å². The zero-order valence-corrected chi connectivity index (χ0v) is 26.7. The predicted octanol–water partition coefficient (Wildman–Crippen LogP) is 4.42. The Bertz CT molecular complexity index is 1590. The molecule has 3 saturated heterocycles. The maximum Gasteiger partial charge on any atom is 0.304 e. The van der Waals surface area contributed by atoms with E-state index in [1.54, 1.807) is 10.7 Å². The van der Waals surface area contributed by atoms with Crippen molar-refractivity contribution in [2.45, 2.75) is 76.2 Å². The minimum atomic E-state index is -4.05. The molecule has 1 saturated carbocycles. The molecule has 4 aliphatic rings. The van der Waals surface area contributed by atoms with Crippen molar-refractivity contribution < 1.29 is 22.7 Å². The van der Waals surface area contributed by atoms with E-state index in [1.807, 2.05) is 30.3 Å². The average molecular weight is 637 g/mol. The molecule has 0 atom stereocenters. The molecule has 0 radical (unpaired) electrons. The number of carbonyl (C=O) groups is 1. The molecule has 12 heteroatoms. The van der Waals surface area contributed by atoms with Crippen LogP contribution in [0.15, 0.2) is 36.4 Å². The van der Waals surface area contributed by atoms with Crippen LogP contribution in [0.2, 0.25) is 0 Å². The van der Waals surface area contributed by atoms with Crippen LogP contribution < -0.4 is 9.46 Å². The van der Waals surface area contributed by atoms with Gasteiger partial charge in [0, 0.05) is 44.3 Å². The summed E-state index contributed by atoms with van der Waals surface area (Å²) in [5, 5.41) is 5.82. The molecule has 3 aliphatic heterocycles. The second-order valence-corrected chi connectivity index (χ2v) is 14.7. The third kappa shape index (κ3) is 6.61. The van der Waals surface area contributed by atoms with Crippen LogP contribution >= 0.6 is 0 Å². The van der Waals surface area contributed by atoms with Gasteiger partial charge in [0.25, 0.3) is 5.91 Å². The van der Waals surface area contributed by atoms with Gasteiger partial charge in [-0.25, -0.2) is 14.4 Å². The van der Waals surface area contributed by atoms with Crippen LogP contribution in [0, 0.1) is 5.92 Å². The lowest BCUT2D eigenvalue weighted by Crippen LogP contribution is -2.51. The van der Waals surface area contributed by atoms with Gasteiger partial charge in [-0.15, -0.1) is 0 Å². The van der Waals surface area contributed by atoms with Crippen LogP contribution in [0.5, 0.6) is 5.75 Å². The lowest BCUT2D eigenvalue weighted by molar-refractivity contribution is 0.0499. The summed E-state index contributed by atoms with van der Waals surface area (Å²) in [5.41, 5.74) is 2.23. The number of pyridine rings is 1. The van der Waals surface area contributed by atoms with Gasteiger partial charge in [-0.2, -0.15) is 17.8 Å². The van der Waals surface area contributed by atoms with Gasteiger partial charge in [-0.05, 0) is 82.5 Å². The van der Waals surface area contributed by atoms with Crippen LogP contribution in [-0.2, 0) is 14.9 Å². The first-order valence-corrected chi connectivity index (χ1v) is 18.2. The van der Waals surface area contributed by atoms with E-state index < -0.39 is 16.1 Å². The number of aromatic nitrogens is 3. The second-order valence-electron chi connectivity index (χ2n) is 13.0. The molecule has 1 aliphatic carbocycles. The summed E-state index contributed by atoms with van der Waals surface area (Å²) in [6, 6.07) is 11.7. The molecule has 3 aromatic rings. The maximum absolute atomic E-state index is 13.7. The van der Waals surface area contributed by atoms with Gasteiger partial charge in [-0.1, -0.05) is 31.0 Å². The van der Waals surface area contributed by atoms with E-state index in [2.05, 4.69) is 9.62 Å². The Hall–Kier alpha value is -3.06. The molecule has 4 fully saturated rings. The van der Waals surface area contributed by atoms with Crippen molar-refractivity contribution in [1.82, 2.24) is 28.7 Å². The second kappa shape index (κ2) is 13.4. The summed E-state index contributed by atoms with van der Waals surface area (Å²) >= 11 is 0. The lowest BCUT2D eigenvalue weighted by Gasteiger charge is -2.39. The largest absolute Gasteiger partial charge is 0.492 e. The van der Waals surface area contributed by atoms with Crippen molar-refractivity contribution >= 4 is 27.1 Å². The highest BCUT2D eigenvalue weighted by atomic mass is 32.2.